The molecule has 0 aromatic heterocycles. The van der Waals surface area contributed by atoms with Gasteiger partial charge in [-0.2, -0.15) is 13.2 Å². The van der Waals surface area contributed by atoms with Crippen molar-refractivity contribution >= 4 is 0 Å². The molecule has 6 heteroatoms. The number of benzene rings is 1. The van der Waals surface area contributed by atoms with E-state index in [1.54, 1.807) is 25.1 Å². The molecule has 0 aliphatic rings. The van der Waals surface area contributed by atoms with E-state index in [0.29, 0.717) is 17.1 Å². The highest BCUT2D eigenvalue weighted by atomic mass is 19.4. The van der Waals surface area contributed by atoms with Crippen molar-refractivity contribution < 1.29 is 27.8 Å². The van der Waals surface area contributed by atoms with Crippen LogP contribution in [0.3, 0.4) is 0 Å². The van der Waals surface area contributed by atoms with Crippen LogP contribution in [0.1, 0.15) is 31.4 Å². The minimum atomic E-state index is -4.18. The van der Waals surface area contributed by atoms with Crippen molar-refractivity contribution in [2.45, 2.75) is 32.0 Å². The van der Waals surface area contributed by atoms with Crippen LogP contribution in [0.25, 0.3) is 0 Å². The highest BCUT2D eigenvalue weighted by molar-refractivity contribution is 5.41. The molecule has 0 saturated heterocycles. The van der Waals surface area contributed by atoms with Crippen molar-refractivity contribution in [3.63, 3.8) is 0 Å². The Morgan fingerprint density at radius 1 is 1.32 bits per heavy atom. The summed E-state index contributed by atoms with van der Waals surface area (Å²) < 4.78 is 46.3. The first-order valence-corrected chi connectivity index (χ1v) is 5.89. The summed E-state index contributed by atoms with van der Waals surface area (Å²) in [4.78, 5) is 0. The van der Waals surface area contributed by atoms with Crippen molar-refractivity contribution in [3.05, 3.63) is 23.8 Å². The number of halogens is 3. The Hall–Kier alpha value is -1.43. The molecule has 1 N–H and O–H groups in total. The molecule has 0 aliphatic carbocycles. The van der Waals surface area contributed by atoms with Gasteiger partial charge in [-0.3, -0.25) is 0 Å². The molecule has 0 radical (unpaired) electrons. The minimum absolute atomic E-state index is 0.0631. The fourth-order valence-corrected chi connectivity index (χ4v) is 1.57. The van der Waals surface area contributed by atoms with Crippen molar-refractivity contribution in [1.82, 2.24) is 0 Å². The van der Waals surface area contributed by atoms with E-state index in [1.807, 2.05) is 0 Å². The molecule has 1 rings (SSSR count). The predicted octanol–water partition coefficient (Wildman–Crippen LogP) is 3.47. The maximum absolute atomic E-state index is 12.0. The van der Waals surface area contributed by atoms with E-state index < -0.39 is 18.7 Å². The van der Waals surface area contributed by atoms with E-state index in [4.69, 9.17) is 9.47 Å². The van der Waals surface area contributed by atoms with Crippen molar-refractivity contribution in [1.29, 1.82) is 0 Å². The SMILES string of the molecule is COc1ccc(C(C)O)c(OCCCC(F)(F)F)c1. The summed E-state index contributed by atoms with van der Waals surface area (Å²) in [7, 11) is 1.48. The largest absolute Gasteiger partial charge is 0.497 e. The molecule has 108 valence electrons. The number of methoxy groups -OCH3 is 1. The topological polar surface area (TPSA) is 38.7 Å². The van der Waals surface area contributed by atoms with Gasteiger partial charge in [0.05, 0.1) is 19.8 Å². The third kappa shape index (κ3) is 5.38. The Kier molecular flexibility index (Phi) is 5.47. The molecule has 19 heavy (non-hydrogen) atoms. The number of alkyl halides is 3. The lowest BCUT2D eigenvalue weighted by molar-refractivity contribution is -0.136. The van der Waals surface area contributed by atoms with Gasteiger partial charge in [0, 0.05) is 18.1 Å². The second kappa shape index (κ2) is 6.65. The summed E-state index contributed by atoms with van der Waals surface area (Å²) in [5, 5.41) is 9.55. The Morgan fingerprint density at radius 2 is 2.00 bits per heavy atom. The molecule has 0 heterocycles. The van der Waals surface area contributed by atoms with Crippen LogP contribution in [0, 0.1) is 0 Å². The van der Waals surface area contributed by atoms with Crippen molar-refractivity contribution in [2.24, 2.45) is 0 Å². The van der Waals surface area contributed by atoms with Crippen LogP contribution >= 0.6 is 0 Å². The number of hydrogen-bond donors (Lipinski definition) is 1. The average Bonchev–Trinajstić information content (AvgIpc) is 2.33. The third-order valence-electron chi connectivity index (χ3n) is 2.53. The zero-order valence-corrected chi connectivity index (χ0v) is 10.8. The maximum atomic E-state index is 12.0. The second-order valence-corrected chi connectivity index (χ2v) is 4.15. The number of aliphatic hydroxyl groups is 1. The lowest BCUT2D eigenvalue weighted by Crippen LogP contribution is -2.10. The van der Waals surface area contributed by atoms with Crippen LogP contribution in [0.4, 0.5) is 13.2 Å². The zero-order chi connectivity index (χ0) is 14.5. The summed E-state index contributed by atoms with van der Waals surface area (Å²) >= 11 is 0. The van der Waals surface area contributed by atoms with Gasteiger partial charge in [-0.25, -0.2) is 0 Å². The monoisotopic (exact) mass is 278 g/mol. The van der Waals surface area contributed by atoms with E-state index >= 15 is 0 Å². The Bertz CT molecular complexity index is 403. The van der Waals surface area contributed by atoms with Gasteiger partial charge in [0.1, 0.15) is 11.5 Å². The zero-order valence-electron chi connectivity index (χ0n) is 10.8. The van der Waals surface area contributed by atoms with Gasteiger partial charge in [0.2, 0.25) is 0 Å². The van der Waals surface area contributed by atoms with Crippen LogP contribution in [-0.2, 0) is 0 Å². The molecule has 1 aromatic rings. The average molecular weight is 278 g/mol. The summed E-state index contributed by atoms with van der Waals surface area (Å²) in [6.07, 6.45) is -5.95. The highest BCUT2D eigenvalue weighted by Crippen LogP contribution is 2.30. The van der Waals surface area contributed by atoms with Crippen LogP contribution in [0.5, 0.6) is 11.5 Å². The lowest BCUT2D eigenvalue weighted by atomic mass is 10.1. The Balaban J connectivity index is 2.65. The Morgan fingerprint density at radius 3 is 2.53 bits per heavy atom. The summed E-state index contributed by atoms with van der Waals surface area (Å²) in [5.41, 5.74) is 0.521. The predicted molar refractivity (Wildman–Crippen MR) is 64.4 cm³/mol. The van der Waals surface area contributed by atoms with Gasteiger partial charge < -0.3 is 14.6 Å². The van der Waals surface area contributed by atoms with Crippen LogP contribution < -0.4 is 9.47 Å². The fourth-order valence-electron chi connectivity index (χ4n) is 1.57. The standard InChI is InChI=1S/C13H17F3O3/c1-9(17)11-5-4-10(18-2)8-12(11)19-7-3-6-13(14,15)16/h4-5,8-9,17H,3,6-7H2,1-2H3. The van der Waals surface area contributed by atoms with E-state index in [0.717, 1.165) is 0 Å². The quantitative estimate of drug-likeness (QED) is 0.810. The molecule has 1 aromatic carbocycles. The molecule has 0 fully saturated rings. The molecular weight excluding hydrogens is 261 g/mol. The molecule has 0 bridgehead atoms. The Labute approximate surface area is 110 Å². The number of ether oxygens (including phenoxy) is 2. The molecule has 0 spiro atoms. The first-order valence-electron chi connectivity index (χ1n) is 5.89. The molecule has 1 atom stereocenters. The van der Waals surface area contributed by atoms with Gasteiger partial charge >= 0.3 is 6.18 Å². The van der Waals surface area contributed by atoms with Gasteiger partial charge in [0.25, 0.3) is 0 Å². The summed E-state index contributed by atoms with van der Waals surface area (Å²) in [6, 6.07) is 4.84. The maximum Gasteiger partial charge on any atom is 0.389 e. The fraction of sp³-hybridized carbons (Fsp3) is 0.538. The van der Waals surface area contributed by atoms with E-state index in [-0.39, 0.29) is 13.0 Å². The molecule has 3 nitrogen and oxygen atoms in total. The van der Waals surface area contributed by atoms with E-state index in [2.05, 4.69) is 0 Å². The molecule has 0 aliphatic heterocycles. The summed E-state index contributed by atoms with van der Waals surface area (Å²) in [6.45, 7) is 1.50. The van der Waals surface area contributed by atoms with Gasteiger partial charge in [-0.1, -0.05) is 0 Å². The molecule has 1 unspecified atom stereocenters. The molecule has 0 saturated carbocycles. The molecule has 0 amide bonds. The van der Waals surface area contributed by atoms with Crippen LogP contribution in [-0.4, -0.2) is 25.0 Å². The number of hydrogen-bond acceptors (Lipinski definition) is 3. The van der Waals surface area contributed by atoms with Crippen molar-refractivity contribution in [3.8, 4) is 11.5 Å². The van der Waals surface area contributed by atoms with E-state index in [1.165, 1.54) is 7.11 Å². The van der Waals surface area contributed by atoms with Gasteiger partial charge in [-0.05, 0) is 25.5 Å². The number of aliphatic hydroxyl groups excluding tert-OH is 1. The number of rotatable bonds is 6. The van der Waals surface area contributed by atoms with Gasteiger partial charge in [-0.15, -0.1) is 0 Å². The highest BCUT2D eigenvalue weighted by Gasteiger charge is 2.26. The van der Waals surface area contributed by atoms with Crippen LogP contribution in [0.2, 0.25) is 0 Å². The normalized spacial score (nSPS) is 13.2. The second-order valence-electron chi connectivity index (χ2n) is 4.15. The van der Waals surface area contributed by atoms with Crippen LogP contribution in [0.15, 0.2) is 18.2 Å². The van der Waals surface area contributed by atoms with Gasteiger partial charge in [0.15, 0.2) is 0 Å². The summed E-state index contributed by atoms with van der Waals surface area (Å²) in [5.74, 6) is 0.867. The van der Waals surface area contributed by atoms with E-state index in [9.17, 15) is 18.3 Å². The first-order chi connectivity index (χ1) is 8.83. The smallest absolute Gasteiger partial charge is 0.389 e. The lowest BCUT2D eigenvalue weighted by Gasteiger charge is -2.15. The van der Waals surface area contributed by atoms with Crippen molar-refractivity contribution in [2.75, 3.05) is 13.7 Å². The minimum Gasteiger partial charge on any atom is -0.497 e. The first kappa shape index (κ1) is 15.6. The molecular formula is C13H17F3O3. The third-order valence-corrected chi connectivity index (χ3v) is 2.53.